The summed E-state index contributed by atoms with van der Waals surface area (Å²) < 4.78 is 118. The van der Waals surface area contributed by atoms with Crippen LogP contribution >= 0.6 is 0 Å². The van der Waals surface area contributed by atoms with Crippen LogP contribution in [0.4, 0.5) is 26.3 Å². The number of alkyl halides is 6. The minimum absolute atomic E-state index is 0. The molecule has 1 radical (unpaired) electrons. The van der Waals surface area contributed by atoms with E-state index in [1.807, 2.05) is 0 Å². The molecule has 16 heteroatoms. The predicted octanol–water partition coefficient (Wildman–Crippen LogP) is 5.74. The SMILES string of the molecule is C[SiH]C.O=S(=O)([O-])C(F)(F)F.O=S(=O)([O-])C(F)(F)F.[Zr+4].c1ccc2[cH-]ccc2c1.c1ccc2[cH-]ccc2c1. The third-order valence-electron chi connectivity index (χ3n) is 3.66. The van der Waals surface area contributed by atoms with Gasteiger partial charge in [-0.05, 0) is 0 Å². The zero-order chi connectivity index (χ0) is 28.9. The number of halogens is 6. The van der Waals surface area contributed by atoms with Gasteiger partial charge >= 0.3 is 37.2 Å². The van der Waals surface area contributed by atoms with Crippen molar-refractivity contribution >= 4 is 51.3 Å². The molecule has 0 bridgehead atoms. The van der Waals surface area contributed by atoms with Gasteiger partial charge in [0.2, 0.25) is 0 Å². The minimum atomic E-state index is -6.09. The Balaban J connectivity index is 0. The van der Waals surface area contributed by atoms with E-state index in [1.54, 1.807) is 0 Å². The van der Waals surface area contributed by atoms with Gasteiger partial charge in [0.25, 0.3) is 0 Å². The third kappa shape index (κ3) is 14.9. The van der Waals surface area contributed by atoms with Gasteiger partial charge in [-0.2, -0.15) is 61.4 Å². The Morgan fingerprint density at radius 2 is 0.868 bits per heavy atom. The fourth-order valence-electron chi connectivity index (χ4n) is 2.14. The maximum Gasteiger partial charge on any atom is 4.00 e. The molecule has 0 aromatic heterocycles. The summed E-state index contributed by atoms with van der Waals surface area (Å²) in [6, 6.07) is 29.3. The zero-order valence-electron chi connectivity index (χ0n) is 19.7. The van der Waals surface area contributed by atoms with E-state index < -0.39 is 31.3 Å². The standard InChI is InChI=1S/2C9H7.C2H7Si.2CHF3O3S.Zr/c2*1-2-5-9-7-3-6-8(9)4-1;1-3-2;2*2-1(3,4)8(5,6)7;/h2*1-7H;3H,1-2H3;2*(H,5,6,7);/q2*-1;;;;+4/p-2. The first-order valence-corrected chi connectivity index (χ1v) is 15.0. The van der Waals surface area contributed by atoms with E-state index in [1.165, 1.54) is 21.5 Å². The van der Waals surface area contributed by atoms with E-state index in [-0.39, 0.29) is 26.2 Å². The molecule has 0 fully saturated rings. The Morgan fingerprint density at radius 1 is 0.632 bits per heavy atom. The van der Waals surface area contributed by atoms with Crippen molar-refractivity contribution in [3.63, 3.8) is 0 Å². The summed E-state index contributed by atoms with van der Waals surface area (Å²) in [5.74, 6) is 0. The van der Waals surface area contributed by atoms with Gasteiger partial charge < -0.3 is 9.11 Å². The smallest absolute Gasteiger partial charge is 0.741 e. The Morgan fingerprint density at radius 3 is 1.08 bits per heavy atom. The first kappa shape index (κ1) is 38.3. The molecule has 0 saturated carbocycles. The number of hydrogen-bond acceptors (Lipinski definition) is 6. The van der Waals surface area contributed by atoms with Gasteiger partial charge in [0.15, 0.2) is 20.2 Å². The number of rotatable bonds is 0. The molecule has 4 aromatic carbocycles. The third-order valence-corrected chi connectivity index (χ3v) is 4.80. The molecule has 0 atom stereocenters. The van der Waals surface area contributed by atoms with Crippen molar-refractivity contribution < 1.29 is 78.5 Å². The van der Waals surface area contributed by atoms with Crippen LogP contribution in [0.2, 0.25) is 13.1 Å². The second-order valence-electron chi connectivity index (χ2n) is 6.69. The van der Waals surface area contributed by atoms with E-state index in [0.29, 0.717) is 0 Å². The zero-order valence-corrected chi connectivity index (χ0v) is 24.9. The van der Waals surface area contributed by atoms with Crippen molar-refractivity contribution in [2.75, 3.05) is 0 Å². The molecule has 207 valence electrons. The van der Waals surface area contributed by atoms with Crippen LogP contribution in [0.25, 0.3) is 21.5 Å². The van der Waals surface area contributed by atoms with Crippen molar-refractivity contribution in [2.45, 2.75) is 24.1 Å². The predicted molar refractivity (Wildman–Crippen MR) is 129 cm³/mol. The van der Waals surface area contributed by atoms with Crippen molar-refractivity contribution in [1.29, 1.82) is 0 Å². The molecule has 0 heterocycles. The van der Waals surface area contributed by atoms with Crippen LogP contribution in [0.5, 0.6) is 0 Å². The molecule has 0 aliphatic rings. The molecule has 4 rings (SSSR count). The first-order valence-electron chi connectivity index (χ1n) is 9.84. The van der Waals surface area contributed by atoms with Gasteiger partial charge in [-0.1, -0.05) is 25.2 Å². The Hall–Kier alpha value is -1.84. The van der Waals surface area contributed by atoms with Crippen molar-refractivity contribution in [2.24, 2.45) is 0 Å². The number of benzene rings is 2. The van der Waals surface area contributed by atoms with Crippen LogP contribution in [0.3, 0.4) is 0 Å². The maximum atomic E-state index is 10.7. The van der Waals surface area contributed by atoms with Gasteiger partial charge in [-0.15, -0.1) is 59.3 Å². The maximum absolute atomic E-state index is 10.7. The molecular weight excluding hydrogens is 658 g/mol. The molecule has 0 saturated heterocycles. The van der Waals surface area contributed by atoms with Gasteiger partial charge in [-0.25, -0.2) is 16.8 Å². The average Bonchev–Trinajstić information content (AvgIpc) is 3.42. The second-order valence-corrected chi connectivity index (χ2v) is 10.6. The molecule has 0 spiro atoms. The summed E-state index contributed by atoms with van der Waals surface area (Å²) in [6.45, 7) is 4.42. The summed E-state index contributed by atoms with van der Waals surface area (Å²) >= 11 is 0. The Labute approximate surface area is 237 Å². The van der Waals surface area contributed by atoms with Crippen LogP contribution in [0, 0.1) is 0 Å². The van der Waals surface area contributed by atoms with Crippen molar-refractivity contribution in [3.05, 3.63) is 84.9 Å². The van der Waals surface area contributed by atoms with E-state index in [4.69, 9.17) is 25.9 Å². The van der Waals surface area contributed by atoms with Gasteiger partial charge in [0.1, 0.15) is 0 Å². The summed E-state index contributed by atoms with van der Waals surface area (Å²) in [6.07, 6.45) is 0. The average molecular weight is 679 g/mol. The normalized spacial score (nSPS) is 11.2. The first-order chi connectivity index (χ1) is 16.8. The summed E-state index contributed by atoms with van der Waals surface area (Å²) in [7, 11) is -11.4. The van der Waals surface area contributed by atoms with Crippen molar-refractivity contribution in [1.82, 2.24) is 0 Å². The number of fused-ring (bicyclic) bond motifs is 2. The fraction of sp³-hybridized carbons (Fsp3) is 0.182. The van der Waals surface area contributed by atoms with Crippen LogP contribution in [0.1, 0.15) is 0 Å². The van der Waals surface area contributed by atoms with E-state index in [2.05, 4.69) is 98.0 Å². The fourth-order valence-corrected chi connectivity index (χ4v) is 2.14. The van der Waals surface area contributed by atoms with Gasteiger partial charge in [0, 0.05) is 9.52 Å². The quantitative estimate of drug-likeness (QED) is 0.0771. The molecule has 0 aliphatic carbocycles. The van der Waals surface area contributed by atoms with Crippen LogP contribution < -0.4 is 0 Å². The van der Waals surface area contributed by atoms with Gasteiger partial charge in [-0.3, -0.25) is 0 Å². The van der Waals surface area contributed by atoms with E-state index >= 15 is 0 Å². The second kappa shape index (κ2) is 17.0. The molecule has 38 heavy (non-hydrogen) atoms. The molecule has 6 nitrogen and oxygen atoms in total. The molecular formula is C22H21F6O6S2SiZr. The minimum Gasteiger partial charge on any atom is -0.741 e. The molecule has 0 aliphatic heterocycles. The molecule has 0 amide bonds. The van der Waals surface area contributed by atoms with Crippen LogP contribution in [-0.2, 0) is 46.4 Å². The van der Waals surface area contributed by atoms with Gasteiger partial charge in [0.05, 0.1) is 0 Å². The molecule has 4 aromatic rings. The largest absolute Gasteiger partial charge is 4.00 e. The van der Waals surface area contributed by atoms with Crippen LogP contribution in [0.15, 0.2) is 84.9 Å². The Bertz CT molecular complexity index is 1250. The van der Waals surface area contributed by atoms with Crippen molar-refractivity contribution in [3.8, 4) is 0 Å². The summed E-state index contributed by atoms with van der Waals surface area (Å²) in [5.41, 5.74) is -11.3. The molecule has 0 unspecified atom stereocenters. The summed E-state index contributed by atoms with van der Waals surface area (Å²) in [4.78, 5) is 0. The topological polar surface area (TPSA) is 114 Å². The van der Waals surface area contributed by atoms with E-state index in [9.17, 15) is 26.3 Å². The number of hydrogen-bond donors (Lipinski definition) is 0. The Kier molecular flexibility index (Phi) is 17.1. The van der Waals surface area contributed by atoms with Crippen LogP contribution in [-0.4, -0.2) is 46.5 Å². The molecule has 0 N–H and O–H groups in total. The van der Waals surface area contributed by atoms with E-state index in [0.717, 1.165) is 9.52 Å². The monoisotopic (exact) mass is 677 g/mol. The summed E-state index contributed by atoms with van der Waals surface area (Å²) in [5, 5.41) is 5.32.